The first-order chi connectivity index (χ1) is 5.96. The largest absolute Gasteiger partial charge is 0.406 e. The Kier molecular flexibility index (Phi) is 3.22. The molecule has 0 spiro atoms. The van der Waals surface area contributed by atoms with Crippen molar-refractivity contribution in [2.24, 2.45) is 5.73 Å². The normalized spacial score (nSPS) is 24.9. The van der Waals surface area contributed by atoms with Crippen LogP contribution in [0.25, 0.3) is 0 Å². The topological polar surface area (TPSA) is 26.0 Å². The van der Waals surface area contributed by atoms with Crippen LogP contribution in [0.1, 0.15) is 44.9 Å². The first-order valence-corrected chi connectivity index (χ1v) is 4.81. The minimum absolute atomic E-state index is 0.0938. The molecule has 0 saturated heterocycles. The number of nitrogens with two attached hydrogens (primary N) is 1. The van der Waals surface area contributed by atoms with Crippen LogP contribution in [0.3, 0.4) is 0 Å². The fourth-order valence-electron chi connectivity index (χ4n) is 1.82. The van der Waals surface area contributed by atoms with Crippen LogP contribution in [-0.4, -0.2) is 11.7 Å². The molecule has 1 fully saturated rings. The molecule has 0 aromatic rings. The minimum Gasteiger partial charge on any atom is -0.318 e. The quantitative estimate of drug-likeness (QED) is 0.631. The van der Waals surface area contributed by atoms with Crippen LogP contribution in [0.5, 0.6) is 0 Å². The van der Waals surface area contributed by atoms with Gasteiger partial charge in [-0.15, -0.1) is 0 Å². The molecule has 0 aliphatic heterocycles. The van der Waals surface area contributed by atoms with E-state index in [1.54, 1.807) is 0 Å². The van der Waals surface area contributed by atoms with Gasteiger partial charge < -0.3 is 5.73 Å². The summed E-state index contributed by atoms with van der Waals surface area (Å²) in [6.07, 6.45) is -0.0125. The van der Waals surface area contributed by atoms with Crippen LogP contribution in [-0.2, 0) is 0 Å². The zero-order valence-electron chi connectivity index (χ0n) is 7.66. The lowest BCUT2D eigenvalue weighted by atomic mass is 9.84. The third kappa shape index (κ3) is 2.59. The summed E-state index contributed by atoms with van der Waals surface area (Å²) in [5.41, 5.74) is 3.47. The molecule has 1 rings (SSSR count). The van der Waals surface area contributed by atoms with Crippen LogP contribution >= 0.6 is 0 Å². The highest BCUT2D eigenvalue weighted by Crippen LogP contribution is 2.37. The number of halogens is 3. The van der Waals surface area contributed by atoms with Gasteiger partial charge >= 0.3 is 6.18 Å². The molecule has 78 valence electrons. The maximum absolute atomic E-state index is 12.5. The molecule has 4 heteroatoms. The van der Waals surface area contributed by atoms with Crippen molar-refractivity contribution >= 4 is 0 Å². The predicted molar refractivity (Wildman–Crippen MR) is 45.3 cm³/mol. The van der Waals surface area contributed by atoms with Gasteiger partial charge in [0, 0.05) is 0 Å². The molecule has 0 radical (unpaired) electrons. The summed E-state index contributed by atoms with van der Waals surface area (Å²) in [5.74, 6) is 0. The van der Waals surface area contributed by atoms with Gasteiger partial charge in [-0.2, -0.15) is 13.2 Å². The van der Waals surface area contributed by atoms with Crippen molar-refractivity contribution in [3.8, 4) is 0 Å². The van der Waals surface area contributed by atoms with Crippen molar-refractivity contribution in [3.63, 3.8) is 0 Å². The lowest BCUT2D eigenvalue weighted by Crippen LogP contribution is -2.53. The molecule has 0 atom stereocenters. The Morgan fingerprint density at radius 2 is 1.23 bits per heavy atom. The van der Waals surface area contributed by atoms with Crippen molar-refractivity contribution in [2.45, 2.75) is 56.7 Å². The smallest absolute Gasteiger partial charge is 0.318 e. The van der Waals surface area contributed by atoms with Gasteiger partial charge in [-0.25, -0.2) is 0 Å². The molecule has 0 heterocycles. The lowest BCUT2D eigenvalue weighted by Gasteiger charge is -2.33. The summed E-state index contributed by atoms with van der Waals surface area (Å²) in [6.45, 7) is 0. The predicted octanol–water partition coefficient (Wildman–Crippen LogP) is 2.99. The van der Waals surface area contributed by atoms with Gasteiger partial charge in [0.15, 0.2) is 0 Å². The Morgan fingerprint density at radius 3 is 1.62 bits per heavy atom. The highest BCUT2D eigenvalue weighted by Gasteiger charge is 2.50. The molecular weight excluding hydrogens is 179 g/mol. The zero-order chi connectivity index (χ0) is 9.95. The van der Waals surface area contributed by atoms with E-state index < -0.39 is 11.7 Å². The molecule has 0 aromatic carbocycles. The molecule has 1 nitrogen and oxygen atoms in total. The van der Waals surface area contributed by atoms with Gasteiger partial charge in [-0.05, 0) is 12.8 Å². The Bertz CT molecular complexity index is 157. The summed E-state index contributed by atoms with van der Waals surface area (Å²) in [6, 6.07) is 0. The lowest BCUT2D eigenvalue weighted by molar-refractivity contribution is -0.191. The molecule has 1 saturated carbocycles. The first kappa shape index (κ1) is 10.8. The summed E-state index contributed by atoms with van der Waals surface area (Å²) in [7, 11) is 0. The first-order valence-electron chi connectivity index (χ1n) is 4.81. The third-order valence-corrected chi connectivity index (χ3v) is 2.81. The molecule has 13 heavy (non-hydrogen) atoms. The second-order valence-electron chi connectivity index (χ2n) is 3.92. The highest BCUT2D eigenvalue weighted by atomic mass is 19.4. The minimum atomic E-state index is -4.23. The maximum atomic E-state index is 12.5. The molecule has 1 aliphatic carbocycles. The molecule has 2 N–H and O–H groups in total. The van der Waals surface area contributed by atoms with Crippen molar-refractivity contribution < 1.29 is 13.2 Å². The Labute approximate surface area is 76.5 Å². The van der Waals surface area contributed by atoms with Crippen LogP contribution in [0.15, 0.2) is 0 Å². The van der Waals surface area contributed by atoms with Gasteiger partial charge in [-0.3, -0.25) is 0 Å². The fourth-order valence-corrected chi connectivity index (χ4v) is 1.82. The van der Waals surface area contributed by atoms with Gasteiger partial charge in [0.05, 0.1) is 0 Å². The van der Waals surface area contributed by atoms with E-state index in [9.17, 15) is 13.2 Å². The highest BCUT2D eigenvalue weighted by molar-refractivity contribution is 4.92. The molecular formula is C9H16F3N. The molecule has 0 aromatic heterocycles. The van der Waals surface area contributed by atoms with E-state index in [-0.39, 0.29) is 12.8 Å². The Hall–Kier alpha value is -0.250. The average Bonchev–Trinajstić information content (AvgIpc) is 1.94. The maximum Gasteiger partial charge on any atom is 0.406 e. The van der Waals surface area contributed by atoms with Gasteiger partial charge in [0.1, 0.15) is 5.54 Å². The van der Waals surface area contributed by atoms with Crippen LogP contribution in [0, 0.1) is 0 Å². The average molecular weight is 195 g/mol. The summed E-state index contributed by atoms with van der Waals surface area (Å²) >= 11 is 0. The van der Waals surface area contributed by atoms with Gasteiger partial charge in [0.25, 0.3) is 0 Å². The van der Waals surface area contributed by atoms with E-state index in [0.717, 1.165) is 19.3 Å². The number of alkyl halides is 3. The standard InChI is InChI=1S/C9H16F3N/c10-9(11,12)8(13)6-4-2-1-3-5-7-8/h1-7,13H2. The summed E-state index contributed by atoms with van der Waals surface area (Å²) in [4.78, 5) is 0. The summed E-state index contributed by atoms with van der Waals surface area (Å²) in [5, 5.41) is 0. The van der Waals surface area contributed by atoms with E-state index in [1.807, 2.05) is 0 Å². The molecule has 0 unspecified atom stereocenters. The van der Waals surface area contributed by atoms with Crippen LogP contribution in [0.4, 0.5) is 13.2 Å². The van der Waals surface area contributed by atoms with Crippen LogP contribution < -0.4 is 5.73 Å². The van der Waals surface area contributed by atoms with Gasteiger partial charge in [-0.1, -0.05) is 32.1 Å². The number of hydrogen-bond acceptors (Lipinski definition) is 1. The SMILES string of the molecule is NC1(C(F)(F)F)CCCCCCC1. The fraction of sp³-hybridized carbons (Fsp3) is 1.00. The number of hydrogen-bond donors (Lipinski definition) is 1. The third-order valence-electron chi connectivity index (χ3n) is 2.81. The zero-order valence-corrected chi connectivity index (χ0v) is 7.66. The van der Waals surface area contributed by atoms with Gasteiger partial charge in [0.2, 0.25) is 0 Å². The number of rotatable bonds is 0. The molecule has 0 amide bonds. The van der Waals surface area contributed by atoms with Crippen molar-refractivity contribution in [2.75, 3.05) is 0 Å². The second kappa shape index (κ2) is 3.86. The Balaban J connectivity index is 2.62. The summed E-state index contributed by atoms with van der Waals surface area (Å²) < 4.78 is 37.5. The van der Waals surface area contributed by atoms with E-state index in [1.165, 1.54) is 0 Å². The van der Waals surface area contributed by atoms with Crippen LogP contribution in [0.2, 0.25) is 0 Å². The van der Waals surface area contributed by atoms with Crippen molar-refractivity contribution in [3.05, 3.63) is 0 Å². The molecule has 1 aliphatic rings. The molecule has 0 bridgehead atoms. The Morgan fingerprint density at radius 1 is 0.846 bits per heavy atom. The van der Waals surface area contributed by atoms with Crippen molar-refractivity contribution in [1.29, 1.82) is 0 Å². The van der Waals surface area contributed by atoms with E-state index in [4.69, 9.17) is 5.73 Å². The van der Waals surface area contributed by atoms with E-state index >= 15 is 0 Å². The van der Waals surface area contributed by atoms with E-state index in [0.29, 0.717) is 12.8 Å². The van der Waals surface area contributed by atoms with E-state index in [2.05, 4.69) is 0 Å². The monoisotopic (exact) mass is 195 g/mol. The second-order valence-corrected chi connectivity index (χ2v) is 3.92. The van der Waals surface area contributed by atoms with Crippen molar-refractivity contribution in [1.82, 2.24) is 0 Å².